The molecular formula is C19H20ClNO3. The Labute approximate surface area is 146 Å². The van der Waals surface area contributed by atoms with Gasteiger partial charge in [-0.1, -0.05) is 41.9 Å². The van der Waals surface area contributed by atoms with Crippen LogP contribution in [0.5, 0.6) is 11.5 Å². The number of benzene rings is 2. The summed E-state index contributed by atoms with van der Waals surface area (Å²) in [4.78, 5) is 12.5. The summed E-state index contributed by atoms with van der Waals surface area (Å²) in [5.41, 5.74) is 1.80. The molecule has 0 spiro atoms. The van der Waals surface area contributed by atoms with Gasteiger partial charge in [0, 0.05) is 17.5 Å². The molecule has 4 nitrogen and oxygen atoms in total. The second-order valence-electron chi connectivity index (χ2n) is 6.02. The number of hydrogen-bond acceptors (Lipinski definition) is 3. The van der Waals surface area contributed by atoms with Crippen molar-refractivity contribution < 1.29 is 14.3 Å². The first kappa shape index (κ1) is 16.7. The zero-order valence-corrected chi connectivity index (χ0v) is 14.5. The van der Waals surface area contributed by atoms with Gasteiger partial charge < -0.3 is 14.8 Å². The fraction of sp³-hybridized carbons (Fsp3) is 0.316. The van der Waals surface area contributed by atoms with E-state index in [-0.39, 0.29) is 11.3 Å². The third-order valence-corrected chi connectivity index (χ3v) is 4.80. The van der Waals surface area contributed by atoms with E-state index in [1.165, 1.54) is 19.8 Å². The highest BCUT2D eigenvalue weighted by atomic mass is 35.5. The van der Waals surface area contributed by atoms with Crippen molar-refractivity contribution in [3.63, 3.8) is 0 Å². The Hall–Kier alpha value is -2.20. The summed E-state index contributed by atoms with van der Waals surface area (Å²) in [6, 6.07) is 13.5. The van der Waals surface area contributed by atoms with Crippen molar-refractivity contribution in [2.24, 2.45) is 0 Å². The minimum absolute atomic E-state index is 0.0667. The Morgan fingerprint density at radius 1 is 1.17 bits per heavy atom. The highest BCUT2D eigenvalue weighted by Crippen LogP contribution is 2.47. The van der Waals surface area contributed by atoms with Crippen LogP contribution in [0.3, 0.4) is 0 Å². The minimum atomic E-state index is -0.167. The summed E-state index contributed by atoms with van der Waals surface area (Å²) < 4.78 is 10.4. The fourth-order valence-corrected chi connectivity index (χ4v) is 3.20. The van der Waals surface area contributed by atoms with Crippen molar-refractivity contribution in [2.45, 2.75) is 18.3 Å². The topological polar surface area (TPSA) is 47.6 Å². The van der Waals surface area contributed by atoms with E-state index in [0.29, 0.717) is 28.6 Å². The van der Waals surface area contributed by atoms with Crippen LogP contribution in [0.15, 0.2) is 42.5 Å². The lowest BCUT2D eigenvalue weighted by Gasteiger charge is -2.17. The lowest BCUT2D eigenvalue weighted by molar-refractivity contribution is 0.0949. The van der Waals surface area contributed by atoms with Crippen LogP contribution in [0.1, 0.15) is 28.8 Å². The predicted octanol–water partition coefficient (Wildman–Crippen LogP) is 3.82. The molecule has 3 rings (SSSR count). The van der Waals surface area contributed by atoms with E-state index in [1.54, 1.807) is 12.1 Å². The lowest BCUT2D eigenvalue weighted by atomic mass is 9.96. The fourth-order valence-electron chi connectivity index (χ4n) is 2.91. The smallest absolute Gasteiger partial charge is 0.251 e. The number of carbonyl (C=O) groups is 1. The van der Waals surface area contributed by atoms with E-state index in [1.807, 2.05) is 18.2 Å². The number of amides is 1. The van der Waals surface area contributed by atoms with Gasteiger partial charge in [0.05, 0.1) is 19.2 Å². The van der Waals surface area contributed by atoms with Crippen LogP contribution in [-0.4, -0.2) is 26.7 Å². The molecule has 5 heteroatoms. The van der Waals surface area contributed by atoms with Crippen molar-refractivity contribution in [1.82, 2.24) is 5.32 Å². The molecule has 126 valence electrons. The van der Waals surface area contributed by atoms with Crippen LogP contribution < -0.4 is 14.8 Å². The molecule has 0 radical (unpaired) electrons. The molecule has 0 saturated heterocycles. The maximum atomic E-state index is 12.5. The van der Waals surface area contributed by atoms with Crippen LogP contribution in [0.25, 0.3) is 0 Å². The van der Waals surface area contributed by atoms with Crippen molar-refractivity contribution >= 4 is 17.5 Å². The molecule has 0 aromatic heterocycles. The number of nitrogens with one attached hydrogen (secondary N) is 1. The van der Waals surface area contributed by atoms with Crippen LogP contribution in [0, 0.1) is 0 Å². The molecule has 1 N–H and O–H groups in total. The maximum Gasteiger partial charge on any atom is 0.251 e. The average Bonchev–Trinajstić information content (AvgIpc) is 3.41. The Balaban J connectivity index is 1.73. The van der Waals surface area contributed by atoms with Crippen LogP contribution in [0.2, 0.25) is 5.02 Å². The monoisotopic (exact) mass is 345 g/mol. The van der Waals surface area contributed by atoms with Gasteiger partial charge in [-0.3, -0.25) is 4.79 Å². The van der Waals surface area contributed by atoms with Gasteiger partial charge in [0.25, 0.3) is 5.91 Å². The standard InChI is InChI=1S/C19H20ClNO3/c1-23-16-11-13(10-15(20)17(16)24-2)18(22)21-12-19(8-9-19)14-6-4-3-5-7-14/h3-7,10-11H,8-9,12H2,1-2H3,(H,21,22). The molecule has 2 aromatic carbocycles. The third-order valence-electron chi connectivity index (χ3n) is 4.52. The first-order valence-electron chi connectivity index (χ1n) is 7.85. The normalized spacial score (nSPS) is 14.8. The van der Waals surface area contributed by atoms with Gasteiger partial charge >= 0.3 is 0 Å². The zero-order valence-electron chi connectivity index (χ0n) is 13.8. The first-order chi connectivity index (χ1) is 11.6. The molecule has 1 saturated carbocycles. The van der Waals surface area contributed by atoms with Crippen LogP contribution >= 0.6 is 11.6 Å². The van der Waals surface area contributed by atoms with Crippen molar-refractivity contribution in [1.29, 1.82) is 0 Å². The molecule has 1 fully saturated rings. The maximum absolute atomic E-state index is 12.5. The number of carbonyl (C=O) groups excluding carboxylic acids is 1. The van der Waals surface area contributed by atoms with Gasteiger partial charge in [-0.15, -0.1) is 0 Å². The molecule has 2 aromatic rings. The first-order valence-corrected chi connectivity index (χ1v) is 8.23. The number of ether oxygens (including phenoxy) is 2. The number of halogens is 1. The largest absolute Gasteiger partial charge is 0.493 e. The Kier molecular flexibility index (Phi) is 4.67. The zero-order chi connectivity index (χ0) is 17.2. The molecule has 0 bridgehead atoms. The van der Waals surface area contributed by atoms with E-state index in [4.69, 9.17) is 21.1 Å². The molecule has 0 unspecified atom stereocenters. The molecular weight excluding hydrogens is 326 g/mol. The minimum Gasteiger partial charge on any atom is -0.493 e. The lowest BCUT2D eigenvalue weighted by Crippen LogP contribution is -2.32. The van der Waals surface area contributed by atoms with Crippen molar-refractivity contribution in [2.75, 3.05) is 20.8 Å². The second kappa shape index (κ2) is 6.73. The summed E-state index contributed by atoms with van der Waals surface area (Å²) in [7, 11) is 3.03. The molecule has 1 aliphatic carbocycles. The predicted molar refractivity (Wildman–Crippen MR) is 94.2 cm³/mol. The molecule has 1 aliphatic rings. The van der Waals surface area contributed by atoms with Crippen molar-refractivity contribution in [3.8, 4) is 11.5 Å². The van der Waals surface area contributed by atoms with Gasteiger partial charge in [0.2, 0.25) is 0 Å². The number of methoxy groups -OCH3 is 2. The van der Waals surface area contributed by atoms with E-state index in [2.05, 4.69) is 17.4 Å². The van der Waals surface area contributed by atoms with Gasteiger partial charge in [0.1, 0.15) is 0 Å². The van der Waals surface area contributed by atoms with Gasteiger partial charge in [-0.05, 0) is 30.5 Å². The quantitative estimate of drug-likeness (QED) is 0.865. The number of rotatable bonds is 6. The Morgan fingerprint density at radius 3 is 2.46 bits per heavy atom. The molecule has 0 aliphatic heterocycles. The third kappa shape index (κ3) is 3.20. The molecule has 0 heterocycles. The van der Waals surface area contributed by atoms with Crippen LogP contribution in [-0.2, 0) is 5.41 Å². The van der Waals surface area contributed by atoms with Gasteiger partial charge in [-0.2, -0.15) is 0 Å². The Bertz CT molecular complexity index is 742. The molecule has 1 amide bonds. The van der Waals surface area contributed by atoms with Crippen LogP contribution in [0.4, 0.5) is 0 Å². The molecule has 24 heavy (non-hydrogen) atoms. The summed E-state index contributed by atoms with van der Waals surface area (Å²) in [5.74, 6) is 0.707. The van der Waals surface area contributed by atoms with E-state index in [9.17, 15) is 4.79 Å². The Morgan fingerprint density at radius 2 is 1.88 bits per heavy atom. The average molecular weight is 346 g/mol. The van der Waals surface area contributed by atoms with E-state index < -0.39 is 0 Å². The highest BCUT2D eigenvalue weighted by molar-refractivity contribution is 6.32. The second-order valence-corrected chi connectivity index (χ2v) is 6.43. The summed E-state index contributed by atoms with van der Waals surface area (Å²) in [5, 5.41) is 3.38. The number of hydrogen-bond donors (Lipinski definition) is 1. The molecule has 0 atom stereocenters. The highest BCUT2D eigenvalue weighted by Gasteiger charge is 2.44. The van der Waals surface area contributed by atoms with Crippen molar-refractivity contribution in [3.05, 3.63) is 58.6 Å². The van der Waals surface area contributed by atoms with Gasteiger partial charge in [0.15, 0.2) is 11.5 Å². The van der Waals surface area contributed by atoms with E-state index in [0.717, 1.165) is 12.8 Å². The SMILES string of the molecule is COc1cc(C(=O)NCC2(c3ccccc3)CC2)cc(Cl)c1OC. The van der Waals surface area contributed by atoms with E-state index >= 15 is 0 Å². The summed E-state index contributed by atoms with van der Waals surface area (Å²) in [6.45, 7) is 0.613. The summed E-state index contributed by atoms with van der Waals surface area (Å²) in [6.07, 6.45) is 2.17. The summed E-state index contributed by atoms with van der Waals surface area (Å²) >= 11 is 6.17. The van der Waals surface area contributed by atoms with Gasteiger partial charge in [-0.25, -0.2) is 0 Å².